The van der Waals surface area contributed by atoms with Gasteiger partial charge >= 0.3 is 12.1 Å². The minimum atomic E-state index is -4.76. The molecule has 1 spiro atoms. The van der Waals surface area contributed by atoms with Crippen LogP contribution in [0.4, 0.5) is 13.2 Å². The van der Waals surface area contributed by atoms with Gasteiger partial charge in [-0.15, -0.1) is 0 Å². The minimum Gasteiger partial charge on any atom is -0.508 e. The van der Waals surface area contributed by atoms with Crippen LogP contribution in [0.5, 0.6) is 5.75 Å². The largest absolute Gasteiger partial charge is 0.508 e. The molecule has 0 aromatic heterocycles. The van der Waals surface area contributed by atoms with Crippen LogP contribution in [0.1, 0.15) is 87.0 Å². The number of rotatable bonds is 7. The van der Waals surface area contributed by atoms with E-state index in [0.717, 1.165) is 28.3 Å². The third kappa shape index (κ3) is 8.07. The summed E-state index contributed by atoms with van der Waals surface area (Å²) in [5, 5.41) is 10.9. The summed E-state index contributed by atoms with van der Waals surface area (Å²) in [5.41, 5.74) is -2.46. The molecule has 2 heterocycles. The van der Waals surface area contributed by atoms with Crippen molar-refractivity contribution in [1.29, 1.82) is 0 Å². The summed E-state index contributed by atoms with van der Waals surface area (Å²) in [6.45, 7) is 12.0. The molecule has 0 saturated carbocycles. The summed E-state index contributed by atoms with van der Waals surface area (Å²) >= 11 is 0. The summed E-state index contributed by atoms with van der Waals surface area (Å²) in [7, 11) is -3.77. The number of amidine groups is 1. The SMILES string of the molecule is Cc1cc(C(=O)OC(C)(C)C)ccc1CCS(=O)(=O)N1CCC2(CC1)N=C(c1cc(O)cc(C(F)(F)F)c1)N(OC(C)(C)C)C2=O. The molecule has 4 rings (SSSR count). The number of piperidine rings is 1. The Labute approximate surface area is 267 Å². The molecule has 14 heteroatoms. The molecule has 252 valence electrons. The Bertz CT molecular complexity index is 1650. The molecular formula is C32H40F3N3O7S. The molecule has 0 aliphatic carbocycles. The number of alkyl halides is 3. The number of sulfonamides is 1. The summed E-state index contributed by atoms with van der Waals surface area (Å²) in [5.74, 6) is -2.15. The van der Waals surface area contributed by atoms with Gasteiger partial charge < -0.3 is 9.84 Å². The predicted octanol–water partition coefficient (Wildman–Crippen LogP) is 5.40. The van der Waals surface area contributed by atoms with E-state index < -0.39 is 56.1 Å². The molecule has 0 atom stereocenters. The van der Waals surface area contributed by atoms with Crippen molar-refractivity contribution in [1.82, 2.24) is 9.37 Å². The number of benzene rings is 2. The first-order valence-electron chi connectivity index (χ1n) is 14.9. The van der Waals surface area contributed by atoms with Gasteiger partial charge in [-0.1, -0.05) is 6.07 Å². The van der Waals surface area contributed by atoms with Crippen LogP contribution in [-0.2, 0) is 37.0 Å². The van der Waals surface area contributed by atoms with Crippen molar-refractivity contribution in [3.8, 4) is 5.75 Å². The van der Waals surface area contributed by atoms with Gasteiger partial charge in [0, 0.05) is 18.7 Å². The lowest BCUT2D eigenvalue weighted by Gasteiger charge is -2.36. The Hall–Kier alpha value is -3.49. The van der Waals surface area contributed by atoms with Gasteiger partial charge in [0.1, 0.15) is 16.9 Å². The van der Waals surface area contributed by atoms with Crippen LogP contribution < -0.4 is 0 Å². The Morgan fingerprint density at radius 2 is 1.63 bits per heavy atom. The van der Waals surface area contributed by atoms with Crippen LogP contribution in [0, 0.1) is 6.92 Å². The number of hydroxylamine groups is 2. The quantitative estimate of drug-likeness (QED) is 0.392. The van der Waals surface area contributed by atoms with Gasteiger partial charge in [0.15, 0.2) is 5.84 Å². The Kier molecular flexibility index (Phi) is 9.43. The molecule has 2 aromatic rings. The van der Waals surface area contributed by atoms with Crippen molar-refractivity contribution in [2.24, 2.45) is 4.99 Å². The first kappa shape index (κ1) is 35.4. The van der Waals surface area contributed by atoms with Crippen LogP contribution in [-0.4, -0.2) is 76.2 Å². The van der Waals surface area contributed by atoms with Crippen molar-refractivity contribution < 1.29 is 45.9 Å². The molecule has 2 aromatic carbocycles. The van der Waals surface area contributed by atoms with Crippen LogP contribution in [0.15, 0.2) is 41.4 Å². The highest BCUT2D eigenvalue weighted by molar-refractivity contribution is 7.89. The van der Waals surface area contributed by atoms with E-state index in [2.05, 4.69) is 4.99 Å². The number of phenolic OH excluding ortho intramolecular Hbond substituents is 1. The first-order chi connectivity index (χ1) is 21.0. The van der Waals surface area contributed by atoms with Gasteiger partial charge in [0.25, 0.3) is 5.91 Å². The van der Waals surface area contributed by atoms with Crippen LogP contribution in [0.25, 0.3) is 0 Å². The standard InChI is InChI=1S/C32H40F3N3O7S/c1-20-16-22(27(40)44-29(2,3)4)9-8-21(20)10-15-46(42,43)37-13-11-31(12-14-37)28(41)38(45-30(5,6)7)26(36-31)23-17-24(32(33,34)35)19-25(39)18-23/h8-9,16-19,39H,10-15H2,1-7H3. The second-order valence-electron chi connectivity index (χ2n) is 13.6. The van der Waals surface area contributed by atoms with Gasteiger partial charge in [-0.2, -0.15) is 18.2 Å². The molecular weight excluding hydrogens is 627 g/mol. The fourth-order valence-corrected chi connectivity index (χ4v) is 6.77. The fourth-order valence-electron chi connectivity index (χ4n) is 5.29. The zero-order chi connectivity index (χ0) is 34.5. The predicted molar refractivity (Wildman–Crippen MR) is 165 cm³/mol. The fraction of sp³-hybridized carbons (Fsp3) is 0.531. The smallest absolute Gasteiger partial charge is 0.416 e. The molecule has 1 amide bonds. The van der Waals surface area contributed by atoms with Crippen LogP contribution >= 0.6 is 0 Å². The van der Waals surface area contributed by atoms with Gasteiger partial charge in [-0.25, -0.2) is 22.5 Å². The molecule has 46 heavy (non-hydrogen) atoms. The number of phenols is 1. The van der Waals surface area contributed by atoms with Gasteiger partial charge in [-0.05, 0) is 109 Å². The van der Waals surface area contributed by atoms with E-state index in [1.54, 1.807) is 66.7 Å². The monoisotopic (exact) mass is 667 g/mol. The van der Waals surface area contributed by atoms with Gasteiger partial charge in [0.2, 0.25) is 10.0 Å². The lowest BCUT2D eigenvalue weighted by Crippen LogP contribution is -2.52. The maximum atomic E-state index is 13.8. The average Bonchev–Trinajstić information content (AvgIpc) is 3.16. The normalized spacial score (nSPS) is 17.8. The van der Waals surface area contributed by atoms with Crippen molar-refractivity contribution in [3.63, 3.8) is 0 Å². The van der Waals surface area contributed by atoms with E-state index in [1.165, 1.54) is 4.31 Å². The lowest BCUT2D eigenvalue weighted by atomic mass is 9.89. The molecule has 1 N–H and O–H groups in total. The third-order valence-corrected chi connectivity index (χ3v) is 9.38. The van der Waals surface area contributed by atoms with Crippen molar-refractivity contribution in [2.45, 2.75) is 90.6 Å². The summed E-state index contributed by atoms with van der Waals surface area (Å²) in [6, 6.07) is 7.40. The Balaban J connectivity index is 1.51. The number of ether oxygens (including phenoxy) is 1. The Morgan fingerprint density at radius 1 is 1.00 bits per heavy atom. The third-order valence-electron chi connectivity index (χ3n) is 7.51. The molecule has 0 radical (unpaired) electrons. The molecule has 10 nitrogen and oxygen atoms in total. The maximum absolute atomic E-state index is 13.8. The number of aliphatic imine (C=N–C) groups is 1. The number of amides is 1. The minimum absolute atomic E-state index is 0.0207. The van der Waals surface area contributed by atoms with E-state index >= 15 is 0 Å². The van der Waals surface area contributed by atoms with E-state index in [1.807, 2.05) is 0 Å². The topological polar surface area (TPSA) is 126 Å². The molecule has 2 aliphatic rings. The number of halogens is 3. The van der Waals surface area contributed by atoms with Crippen LogP contribution in [0.3, 0.4) is 0 Å². The zero-order valence-electron chi connectivity index (χ0n) is 27.0. The second-order valence-corrected chi connectivity index (χ2v) is 15.7. The molecule has 0 unspecified atom stereocenters. The molecule has 1 saturated heterocycles. The number of carbonyl (C=O) groups excluding carboxylic acids is 2. The Morgan fingerprint density at radius 3 is 2.17 bits per heavy atom. The number of hydrogen-bond acceptors (Lipinski definition) is 8. The van der Waals surface area contributed by atoms with E-state index in [9.17, 15) is 36.3 Å². The second kappa shape index (κ2) is 12.3. The molecule has 1 fully saturated rings. The summed E-state index contributed by atoms with van der Waals surface area (Å²) < 4.78 is 74.0. The average molecular weight is 668 g/mol. The van der Waals surface area contributed by atoms with Gasteiger partial charge in [0.05, 0.1) is 22.5 Å². The molecule has 0 bridgehead atoms. The summed E-state index contributed by atoms with van der Waals surface area (Å²) in [4.78, 5) is 36.6. The highest BCUT2D eigenvalue weighted by Gasteiger charge is 2.53. The molecule has 2 aliphatic heterocycles. The number of carbonyl (C=O) groups is 2. The van der Waals surface area contributed by atoms with Crippen molar-refractivity contribution in [2.75, 3.05) is 18.8 Å². The van der Waals surface area contributed by atoms with E-state index in [0.29, 0.717) is 11.6 Å². The van der Waals surface area contributed by atoms with Crippen molar-refractivity contribution >= 4 is 27.7 Å². The highest BCUT2D eigenvalue weighted by Crippen LogP contribution is 2.39. The number of hydrogen-bond donors (Lipinski definition) is 1. The maximum Gasteiger partial charge on any atom is 0.416 e. The van der Waals surface area contributed by atoms with Crippen LogP contribution in [0.2, 0.25) is 0 Å². The lowest BCUT2D eigenvalue weighted by molar-refractivity contribution is -0.197. The summed E-state index contributed by atoms with van der Waals surface area (Å²) in [6.07, 6.45) is -4.61. The zero-order valence-corrected chi connectivity index (χ0v) is 27.8. The highest BCUT2D eigenvalue weighted by atomic mass is 32.2. The number of aromatic hydroxyl groups is 1. The van der Waals surface area contributed by atoms with Gasteiger partial charge in [-0.3, -0.25) is 9.63 Å². The van der Waals surface area contributed by atoms with Crippen molar-refractivity contribution in [3.05, 3.63) is 64.2 Å². The first-order valence-corrected chi connectivity index (χ1v) is 16.5. The number of nitrogens with zero attached hydrogens (tertiary/aromatic N) is 3. The van der Waals surface area contributed by atoms with E-state index in [-0.39, 0.29) is 49.5 Å². The number of esters is 1. The van der Waals surface area contributed by atoms with E-state index in [4.69, 9.17) is 9.57 Å². The number of aryl methyl sites for hydroxylation is 2.